The summed E-state index contributed by atoms with van der Waals surface area (Å²) in [7, 11) is 1.77. The van der Waals surface area contributed by atoms with Crippen LogP contribution in [0.15, 0.2) is 30.7 Å². The number of hydrogen-bond donors (Lipinski definition) is 2. The average Bonchev–Trinajstić information content (AvgIpc) is 2.45. The van der Waals surface area contributed by atoms with Gasteiger partial charge in [0.05, 0.1) is 12.2 Å². The zero-order valence-corrected chi connectivity index (χ0v) is 10.8. The zero-order valence-electron chi connectivity index (χ0n) is 10.8. The Labute approximate surface area is 111 Å². The third-order valence-electron chi connectivity index (χ3n) is 2.55. The van der Waals surface area contributed by atoms with Gasteiger partial charge >= 0.3 is 0 Å². The molecule has 19 heavy (non-hydrogen) atoms. The van der Waals surface area contributed by atoms with E-state index in [0.717, 1.165) is 11.4 Å². The third-order valence-corrected chi connectivity index (χ3v) is 2.55. The van der Waals surface area contributed by atoms with Gasteiger partial charge in [0, 0.05) is 24.5 Å². The van der Waals surface area contributed by atoms with E-state index in [1.54, 1.807) is 31.4 Å². The Hall–Kier alpha value is -2.50. The number of nitrogens with zero attached hydrogens (tertiary/aromatic N) is 3. The van der Waals surface area contributed by atoms with Crippen molar-refractivity contribution in [3.05, 3.63) is 47.7 Å². The summed E-state index contributed by atoms with van der Waals surface area (Å²) in [6.07, 6.45) is 3.10. The number of aromatic nitrogens is 3. The van der Waals surface area contributed by atoms with Crippen LogP contribution in [0.2, 0.25) is 0 Å². The Bertz CT molecular complexity index is 571. The number of carbonyl (C=O) groups is 1. The van der Waals surface area contributed by atoms with Gasteiger partial charge in [-0.25, -0.2) is 15.0 Å². The van der Waals surface area contributed by atoms with Gasteiger partial charge in [0.15, 0.2) is 0 Å². The normalized spacial score (nSPS) is 10.0. The molecule has 0 aliphatic heterocycles. The van der Waals surface area contributed by atoms with Gasteiger partial charge < -0.3 is 10.6 Å². The maximum absolute atomic E-state index is 12.0. The first-order chi connectivity index (χ1) is 9.19. The Balaban J connectivity index is 2.06. The molecule has 98 valence electrons. The number of carbonyl (C=O) groups excluding carboxylic acids is 1. The molecule has 2 aromatic rings. The molecule has 6 heteroatoms. The number of amides is 1. The Morgan fingerprint density at radius 1 is 1.37 bits per heavy atom. The van der Waals surface area contributed by atoms with Gasteiger partial charge in [-0.2, -0.15) is 0 Å². The van der Waals surface area contributed by atoms with E-state index in [2.05, 4.69) is 25.6 Å². The highest BCUT2D eigenvalue weighted by Gasteiger charge is 2.08. The maximum atomic E-state index is 12.0. The lowest BCUT2D eigenvalue weighted by Crippen LogP contribution is -2.23. The molecule has 0 aromatic carbocycles. The number of rotatable bonds is 4. The third kappa shape index (κ3) is 3.48. The largest absolute Gasteiger partial charge is 0.373 e. The number of aryl methyl sites for hydroxylation is 1. The molecule has 0 bridgehead atoms. The summed E-state index contributed by atoms with van der Waals surface area (Å²) in [5.41, 5.74) is 2.13. The quantitative estimate of drug-likeness (QED) is 0.859. The molecule has 1 amide bonds. The predicted molar refractivity (Wildman–Crippen MR) is 71.7 cm³/mol. The molecule has 0 saturated heterocycles. The van der Waals surface area contributed by atoms with Crippen LogP contribution in [-0.2, 0) is 6.54 Å². The van der Waals surface area contributed by atoms with Gasteiger partial charge in [0.2, 0.25) is 0 Å². The van der Waals surface area contributed by atoms with Crippen molar-refractivity contribution >= 4 is 11.7 Å². The molecule has 2 heterocycles. The first-order valence-electron chi connectivity index (χ1n) is 5.88. The van der Waals surface area contributed by atoms with Crippen LogP contribution in [0.1, 0.15) is 21.7 Å². The number of hydrogen-bond acceptors (Lipinski definition) is 5. The Morgan fingerprint density at radius 2 is 2.21 bits per heavy atom. The number of anilines is 1. The summed E-state index contributed by atoms with van der Waals surface area (Å²) in [5, 5.41) is 5.73. The molecule has 0 radical (unpaired) electrons. The smallest absolute Gasteiger partial charge is 0.251 e. The van der Waals surface area contributed by atoms with Crippen LogP contribution >= 0.6 is 0 Å². The molecule has 0 aliphatic carbocycles. The maximum Gasteiger partial charge on any atom is 0.251 e. The van der Waals surface area contributed by atoms with E-state index in [9.17, 15) is 4.79 Å². The van der Waals surface area contributed by atoms with Gasteiger partial charge in [-0.3, -0.25) is 4.79 Å². The number of nitrogens with one attached hydrogen (secondary N) is 2. The van der Waals surface area contributed by atoms with Crippen molar-refractivity contribution in [2.75, 3.05) is 12.4 Å². The van der Waals surface area contributed by atoms with Crippen molar-refractivity contribution in [3.63, 3.8) is 0 Å². The first kappa shape index (κ1) is 12.9. The fourth-order valence-electron chi connectivity index (χ4n) is 1.62. The van der Waals surface area contributed by atoms with E-state index in [1.807, 2.05) is 6.92 Å². The first-order valence-corrected chi connectivity index (χ1v) is 5.88. The molecular formula is C13H15N5O. The molecule has 0 atom stereocenters. The molecule has 0 spiro atoms. The highest BCUT2D eigenvalue weighted by Crippen LogP contribution is 2.09. The second kappa shape index (κ2) is 5.90. The second-order valence-electron chi connectivity index (χ2n) is 4.02. The zero-order chi connectivity index (χ0) is 13.7. The second-order valence-corrected chi connectivity index (χ2v) is 4.02. The van der Waals surface area contributed by atoms with Crippen LogP contribution in [0.25, 0.3) is 0 Å². The minimum atomic E-state index is -0.152. The fourth-order valence-corrected chi connectivity index (χ4v) is 1.62. The molecule has 2 N–H and O–H groups in total. The highest BCUT2D eigenvalue weighted by molar-refractivity contribution is 5.94. The summed E-state index contributed by atoms with van der Waals surface area (Å²) in [6.45, 7) is 2.22. The van der Waals surface area contributed by atoms with Gasteiger partial charge in [0.25, 0.3) is 5.91 Å². The van der Waals surface area contributed by atoms with Crippen molar-refractivity contribution in [3.8, 4) is 0 Å². The van der Waals surface area contributed by atoms with E-state index in [4.69, 9.17) is 0 Å². The van der Waals surface area contributed by atoms with E-state index >= 15 is 0 Å². The molecule has 0 unspecified atom stereocenters. The number of pyridine rings is 1. The average molecular weight is 257 g/mol. The van der Waals surface area contributed by atoms with Crippen molar-refractivity contribution in [2.45, 2.75) is 13.5 Å². The Kier molecular flexibility index (Phi) is 4.02. The minimum Gasteiger partial charge on any atom is -0.373 e. The van der Waals surface area contributed by atoms with Gasteiger partial charge in [0.1, 0.15) is 12.1 Å². The summed E-state index contributed by atoms with van der Waals surface area (Å²) >= 11 is 0. The minimum absolute atomic E-state index is 0.152. The molecule has 0 aliphatic rings. The van der Waals surface area contributed by atoms with Crippen molar-refractivity contribution in [1.29, 1.82) is 0 Å². The van der Waals surface area contributed by atoms with Crippen LogP contribution in [0.5, 0.6) is 0 Å². The van der Waals surface area contributed by atoms with E-state index < -0.39 is 0 Å². The topological polar surface area (TPSA) is 79.8 Å². The molecule has 6 nitrogen and oxygen atoms in total. The lowest BCUT2D eigenvalue weighted by molar-refractivity contribution is 0.0950. The van der Waals surface area contributed by atoms with Gasteiger partial charge in [-0.15, -0.1) is 0 Å². The van der Waals surface area contributed by atoms with Crippen LogP contribution in [-0.4, -0.2) is 27.9 Å². The van der Waals surface area contributed by atoms with Crippen molar-refractivity contribution in [2.24, 2.45) is 0 Å². The molecule has 0 fully saturated rings. The van der Waals surface area contributed by atoms with Crippen molar-refractivity contribution < 1.29 is 4.79 Å². The monoisotopic (exact) mass is 257 g/mol. The molecule has 0 saturated carbocycles. The van der Waals surface area contributed by atoms with E-state index in [0.29, 0.717) is 17.9 Å². The fraction of sp³-hybridized carbons (Fsp3) is 0.231. The van der Waals surface area contributed by atoms with Crippen LogP contribution in [0.4, 0.5) is 5.82 Å². The van der Waals surface area contributed by atoms with Gasteiger partial charge in [-0.1, -0.05) is 0 Å². The standard InChI is InChI=1S/C13H15N5O/c1-9-5-10(6-12(14-2)18-9)13(19)16-7-11-3-4-15-8-17-11/h3-6,8H,7H2,1-2H3,(H,14,18)(H,16,19). The van der Waals surface area contributed by atoms with E-state index in [1.165, 1.54) is 6.33 Å². The predicted octanol–water partition coefficient (Wildman–Crippen LogP) is 1.15. The lowest BCUT2D eigenvalue weighted by atomic mass is 10.2. The molecular weight excluding hydrogens is 242 g/mol. The summed E-state index contributed by atoms with van der Waals surface area (Å²) in [4.78, 5) is 24.1. The van der Waals surface area contributed by atoms with Crippen LogP contribution < -0.4 is 10.6 Å². The summed E-state index contributed by atoms with van der Waals surface area (Å²) in [6, 6.07) is 5.22. The summed E-state index contributed by atoms with van der Waals surface area (Å²) < 4.78 is 0. The lowest BCUT2D eigenvalue weighted by Gasteiger charge is -2.07. The van der Waals surface area contributed by atoms with E-state index in [-0.39, 0.29) is 5.91 Å². The summed E-state index contributed by atoms with van der Waals surface area (Å²) in [5.74, 6) is 0.521. The van der Waals surface area contributed by atoms with Gasteiger partial charge in [-0.05, 0) is 25.1 Å². The van der Waals surface area contributed by atoms with Crippen LogP contribution in [0.3, 0.4) is 0 Å². The highest BCUT2D eigenvalue weighted by atomic mass is 16.1. The molecule has 2 rings (SSSR count). The Morgan fingerprint density at radius 3 is 2.89 bits per heavy atom. The molecule has 2 aromatic heterocycles. The van der Waals surface area contributed by atoms with Crippen LogP contribution in [0, 0.1) is 6.92 Å². The SMILES string of the molecule is CNc1cc(C(=O)NCc2ccncn2)cc(C)n1. The van der Waals surface area contributed by atoms with Crippen molar-refractivity contribution in [1.82, 2.24) is 20.3 Å².